The van der Waals surface area contributed by atoms with Crippen LogP contribution in [0.2, 0.25) is 10.0 Å². The number of nitrogens with one attached hydrogen (secondary N) is 2. The zero-order chi connectivity index (χ0) is 13.2. The summed E-state index contributed by atoms with van der Waals surface area (Å²) in [5, 5.41) is 1.26. The second kappa shape index (κ2) is 5.07. The van der Waals surface area contributed by atoms with Gasteiger partial charge in [0.05, 0.1) is 5.69 Å². The lowest BCUT2D eigenvalue weighted by Crippen LogP contribution is -1.89. The molecule has 6 heteroatoms. The highest BCUT2D eigenvalue weighted by molar-refractivity contribution is 6.34. The number of aromatic nitrogens is 4. The topological polar surface area (TPSA) is 57.4 Å². The van der Waals surface area contributed by atoms with Gasteiger partial charge in [-0.05, 0) is 23.8 Å². The molecule has 2 N–H and O–H groups in total. The number of H-pyrrole nitrogens is 2. The molecule has 0 unspecified atom stereocenters. The number of aromatic amines is 2. The van der Waals surface area contributed by atoms with Gasteiger partial charge in [0, 0.05) is 35.1 Å². The number of halogens is 2. The van der Waals surface area contributed by atoms with E-state index in [-0.39, 0.29) is 0 Å². The molecule has 0 atom stereocenters. The van der Waals surface area contributed by atoms with Crippen LogP contribution in [0, 0.1) is 0 Å². The predicted octanol–water partition coefficient (Wildman–Crippen LogP) is 3.70. The van der Waals surface area contributed by atoms with E-state index in [9.17, 15) is 0 Å². The highest BCUT2D eigenvalue weighted by Gasteiger charge is 2.07. The zero-order valence-electron chi connectivity index (χ0n) is 9.82. The highest BCUT2D eigenvalue weighted by Crippen LogP contribution is 2.21. The molecular weight excluding hydrogens is 283 g/mol. The Bertz CT molecular complexity index is 668. The van der Waals surface area contributed by atoms with E-state index in [2.05, 4.69) is 19.9 Å². The molecule has 1 aromatic carbocycles. The molecule has 0 radical (unpaired) electrons. The normalized spacial score (nSPS) is 10.8. The average molecular weight is 293 g/mol. The first-order chi connectivity index (χ1) is 9.20. The molecule has 0 aliphatic rings. The minimum Gasteiger partial charge on any atom is -0.342 e. The van der Waals surface area contributed by atoms with Crippen molar-refractivity contribution in [2.24, 2.45) is 0 Å². The number of hydrogen-bond acceptors (Lipinski definition) is 2. The first kappa shape index (κ1) is 12.3. The predicted molar refractivity (Wildman–Crippen MR) is 75.4 cm³/mol. The van der Waals surface area contributed by atoms with Crippen LogP contribution in [-0.2, 0) is 6.42 Å². The summed E-state index contributed by atoms with van der Waals surface area (Å²) in [5.41, 5.74) is 1.93. The Hall–Kier alpha value is -1.78. The molecular formula is C13H10Cl2N4. The van der Waals surface area contributed by atoms with E-state index in [1.165, 1.54) is 0 Å². The van der Waals surface area contributed by atoms with Gasteiger partial charge in [0.1, 0.15) is 0 Å². The van der Waals surface area contributed by atoms with E-state index in [1.807, 2.05) is 18.3 Å². The van der Waals surface area contributed by atoms with Crippen LogP contribution >= 0.6 is 23.2 Å². The lowest BCUT2D eigenvalue weighted by atomic mass is 10.1. The van der Waals surface area contributed by atoms with Gasteiger partial charge in [-0.3, -0.25) is 0 Å². The van der Waals surface area contributed by atoms with Crippen molar-refractivity contribution in [1.82, 2.24) is 19.9 Å². The second-order valence-electron chi connectivity index (χ2n) is 4.13. The third-order valence-electron chi connectivity index (χ3n) is 2.66. The van der Waals surface area contributed by atoms with Crippen LogP contribution in [0.5, 0.6) is 0 Å². The van der Waals surface area contributed by atoms with Crippen LogP contribution in [-0.4, -0.2) is 19.9 Å². The van der Waals surface area contributed by atoms with E-state index in [4.69, 9.17) is 23.2 Å². The maximum absolute atomic E-state index is 5.98. The molecule has 0 saturated carbocycles. The van der Waals surface area contributed by atoms with Gasteiger partial charge in [0.25, 0.3) is 0 Å². The van der Waals surface area contributed by atoms with E-state index in [0.717, 1.165) is 17.1 Å². The molecule has 0 fully saturated rings. The van der Waals surface area contributed by atoms with Crippen molar-refractivity contribution in [3.05, 3.63) is 58.1 Å². The van der Waals surface area contributed by atoms with Crippen LogP contribution in [0.1, 0.15) is 11.3 Å². The molecule has 19 heavy (non-hydrogen) atoms. The van der Waals surface area contributed by atoms with Gasteiger partial charge in [-0.2, -0.15) is 0 Å². The number of hydrogen-bond donors (Lipinski definition) is 2. The molecule has 3 rings (SSSR count). The van der Waals surface area contributed by atoms with E-state index in [0.29, 0.717) is 22.3 Å². The maximum atomic E-state index is 5.98. The van der Waals surface area contributed by atoms with Crippen LogP contribution in [0.3, 0.4) is 0 Å². The second-order valence-corrected chi connectivity index (χ2v) is 5.01. The van der Waals surface area contributed by atoms with E-state index < -0.39 is 0 Å². The Labute approximate surface area is 119 Å². The minimum absolute atomic E-state index is 0.629. The third kappa shape index (κ3) is 2.80. The zero-order valence-corrected chi connectivity index (χ0v) is 11.3. The smallest absolute Gasteiger partial charge is 0.173 e. The van der Waals surface area contributed by atoms with Crippen molar-refractivity contribution in [1.29, 1.82) is 0 Å². The average Bonchev–Trinajstić information content (AvgIpc) is 2.96. The van der Waals surface area contributed by atoms with Crippen molar-refractivity contribution in [3.63, 3.8) is 0 Å². The van der Waals surface area contributed by atoms with Gasteiger partial charge in [0.15, 0.2) is 11.6 Å². The Morgan fingerprint density at radius 2 is 1.79 bits per heavy atom. The summed E-state index contributed by atoms with van der Waals surface area (Å²) in [4.78, 5) is 14.7. The molecule has 0 saturated heterocycles. The van der Waals surface area contributed by atoms with Crippen molar-refractivity contribution < 1.29 is 0 Å². The number of rotatable bonds is 3. The molecule has 0 spiro atoms. The van der Waals surface area contributed by atoms with Crippen molar-refractivity contribution in [2.75, 3.05) is 0 Å². The largest absolute Gasteiger partial charge is 0.342 e. The minimum atomic E-state index is 0.629. The van der Waals surface area contributed by atoms with Crippen LogP contribution in [0.15, 0.2) is 36.8 Å². The first-order valence-electron chi connectivity index (χ1n) is 5.70. The maximum Gasteiger partial charge on any atom is 0.173 e. The Balaban J connectivity index is 1.84. The fourth-order valence-corrected chi connectivity index (χ4v) is 2.46. The van der Waals surface area contributed by atoms with Crippen molar-refractivity contribution in [3.8, 4) is 11.6 Å². The Morgan fingerprint density at radius 1 is 1.00 bits per heavy atom. The summed E-state index contributed by atoms with van der Waals surface area (Å²) >= 11 is 12.0. The first-order valence-corrected chi connectivity index (χ1v) is 6.45. The number of imidazole rings is 2. The van der Waals surface area contributed by atoms with Gasteiger partial charge in [0.2, 0.25) is 0 Å². The summed E-state index contributed by atoms with van der Waals surface area (Å²) in [5.74, 6) is 1.43. The Morgan fingerprint density at radius 3 is 2.47 bits per heavy atom. The SMILES string of the molecule is Clc1cc(Cl)cc(Cc2c[nH]c(-c3ncc[nH]3)n2)c1. The molecule has 96 valence electrons. The van der Waals surface area contributed by atoms with Gasteiger partial charge in [-0.15, -0.1) is 0 Å². The fourth-order valence-electron chi connectivity index (χ4n) is 1.89. The molecule has 4 nitrogen and oxygen atoms in total. The Kier molecular flexibility index (Phi) is 3.27. The standard InChI is InChI=1S/C13H10Cl2N4/c14-9-3-8(4-10(15)6-9)5-11-7-18-13(19-11)12-16-1-2-17-12/h1-4,6-7H,5H2,(H,16,17)(H,18,19). The van der Waals surface area contributed by atoms with E-state index >= 15 is 0 Å². The van der Waals surface area contributed by atoms with Crippen LogP contribution in [0.4, 0.5) is 0 Å². The molecule has 0 amide bonds. The molecule has 2 heterocycles. The molecule has 0 bridgehead atoms. The number of benzene rings is 1. The fraction of sp³-hybridized carbons (Fsp3) is 0.0769. The molecule has 2 aromatic heterocycles. The summed E-state index contributed by atoms with van der Waals surface area (Å²) < 4.78 is 0. The highest BCUT2D eigenvalue weighted by atomic mass is 35.5. The monoisotopic (exact) mass is 292 g/mol. The van der Waals surface area contributed by atoms with Crippen LogP contribution < -0.4 is 0 Å². The molecule has 3 aromatic rings. The van der Waals surface area contributed by atoms with Gasteiger partial charge in [-0.1, -0.05) is 23.2 Å². The van der Waals surface area contributed by atoms with Crippen molar-refractivity contribution in [2.45, 2.75) is 6.42 Å². The summed E-state index contributed by atoms with van der Waals surface area (Å²) in [7, 11) is 0. The molecule has 0 aliphatic heterocycles. The number of nitrogens with zero attached hydrogens (tertiary/aromatic N) is 2. The quantitative estimate of drug-likeness (QED) is 0.773. The third-order valence-corrected chi connectivity index (χ3v) is 3.10. The van der Waals surface area contributed by atoms with Gasteiger partial charge < -0.3 is 9.97 Å². The van der Waals surface area contributed by atoms with Gasteiger partial charge >= 0.3 is 0 Å². The summed E-state index contributed by atoms with van der Waals surface area (Å²) in [6.45, 7) is 0. The van der Waals surface area contributed by atoms with E-state index in [1.54, 1.807) is 18.5 Å². The lowest BCUT2D eigenvalue weighted by Gasteiger charge is -2.00. The van der Waals surface area contributed by atoms with Crippen molar-refractivity contribution >= 4 is 23.2 Å². The summed E-state index contributed by atoms with van der Waals surface area (Å²) in [6.07, 6.45) is 5.96. The summed E-state index contributed by atoms with van der Waals surface area (Å²) in [6, 6.07) is 5.48. The van der Waals surface area contributed by atoms with Gasteiger partial charge in [-0.25, -0.2) is 9.97 Å². The van der Waals surface area contributed by atoms with Crippen LogP contribution in [0.25, 0.3) is 11.6 Å². The lowest BCUT2D eigenvalue weighted by molar-refractivity contribution is 1.10. The molecule has 0 aliphatic carbocycles.